The Bertz CT molecular complexity index is 1180. The van der Waals surface area contributed by atoms with Crippen molar-refractivity contribution in [1.82, 2.24) is 20.1 Å². The topological polar surface area (TPSA) is 115 Å². The van der Waals surface area contributed by atoms with Gasteiger partial charge in [0.1, 0.15) is 0 Å². The SMILES string of the molecule is CCn1c(SCC(=O)Nc2ccc(C(=O)OC)cc2)nnc1C(C)NC(=O)c1ccccc1C. The first-order valence-electron chi connectivity index (χ1n) is 10.7. The maximum Gasteiger partial charge on any atom is 0.337 e. The number of methoxy groups -OCH3 is 1. The second-order valence-corrected chi connectivity index (χ2v) is 8.44. The number of hydrogen-bond acceptors (Lipinski definition) is 7. The molecule has 0 aliphatic heterocycles. The summed E-state index contributed by atoms with van der Waals surface area (Å²) in [5.74, 6) is -0.0916. The third-order valence-corrected chi connectivity index (χ3v) is 6.08. The number of anilines is 1. The number of nitrogens with one attached hydrogen (secondary N) is 2. The molecule has 178 valence electrons. The van der Waals surface area contributed by atoms with Crippen LogP contribution < -0.4 is 10.6 Å². The number of esters is 1. The number of nitrogens with zero attached hydrogens (tertiary/aromatic N) is 3. The van der Waals surface area contributed by atoms with Crippen molar-refractivity contribution in [3.63, 3.8) is 0 Å². The number of aryl methyl sites for hydroxylation is 1. The molecule has 1 atom stereocenters. The predicted octanol–water partition coefficient (Wildman–Crippen LogP) is 3.61. The number of hydrogen-bond donors (Lipinski definition) is 2. The monoisotopic (exact) mass is 481 g/mol. The standard InChI is InChI=1S/C24H27N5O4S/c1-5-29-21(16(3)25-22(31)19-9-7-6-8-15(19)2)27-28-24(29)34-14-20(30)26-18-12-10-17(11-13-18)23(32)33-4/h6-13,16H,5,14H2,1-4H3,(H,25,31)(H,26,30). The van der Waals surface area contributed by atoms with Gasteiger partial charge in [-0.3, -0.25) is 9.59 Å². The van der Waals surface area contributed by atoms with E-state index < -0.39 is 5.97 Å². The number of aromatic nitrogens is 3. The van der Waals surface area contributed by atoms with Crippen molar-refractivity contribution in [2.24, 2.45) is 0 Å². The van der Waals surface area contributed by atoms with Crippen LogP contribution in [0.4, 0.5) is 5.69 Å². The van der Waals surface area contributed by atoms with Gasteiger partial charge < -0.3 is 19.9 Å². The Kier molecular flexibility index (Phi) is 8.42. The molecule has 1 aromatic heterocycles. The zero-order valence-corrected chi connectivity index (χ0v) is 20.3. The van der Waals surface area contributed by atoms with Crippen molar-refractivity contribution < 1.29 is 19.1 Å². The molecule has 0 fully saturated rings. The Hall–Kier alpha value is -3.66. The van der Waals surface area contributed by atoms with Gasteiger partial charge in [0.05, 0.1) is 24.5 Å². The molecule has 0 spiro atoms. The highest BCUT2D eigenvalue weighted by Gasteiger charge is 2.20. The van der Waals surface area contributed by atoms with Crippen LogP contribution in [0.3, 0.4) is 0 Å². The van der Waals surface area contributed by atoms with Crippen molar-refractivity contribution >= 4 is 35.2 Å². The fourth-order valence-electron chi connectivity index (χ4n) is 3.33. The van der Waals surface area contributed by atoms with Crippen LogP contribution in [-0.2, 0) is 16.1 Å². The van der Waals surface area contributed by atoms with Crippen LogP contribution in [0, 0.1) is 6.92 Å². The molecule has 0 aliphatic rings. The van der Waals surface area contributed by atoms with E-state index in [-0.39, 0.29) is 23.6 Å². The second kappa shape index (κ2) is 11.5. The number of amides is 2. The molecule has 1 heterocycles. The average Bonchev–Trinajstić information content (AvgIpc) is 3.26. The average molecular weight is 482 g/mol. The summed E-state index contributed by atoms with van der Waals surface area (Å²) in [6, 6.07) is 13.5. The van der Waals surface area contributed by atoms with E-state index in [9.17, 15) is 14.4 Å². The van der Waals surface area contributed by atoms with Crippen LogP contribution in [-0.4, -0.2) is 45.4 Å². The molecule has 34 heavy (non-hydrogen) atoms. The largest absolute Gasteiger partial charge is 0.465 e. The van der Waals surface area contributed by atoms with Crippen LogP contribution in [0.25, 0.3) is 0 Å². The molecule has 9 nitrogen and oxygen atoms in total. The summed E-state index contributed by atoms with van der Waals surface area (Å²) in [5, 5.41) is 14.8. The summed E-state index contributed by atoms with van der Waals surface area (Å²) < 4.78 is 6.55. The van der Waals surface area contributed by atoms with Gasteiger partial charge in [-0.25, -0.2) is 4.79 Å². The van der Waals surface area contributed by atoms with E-state index >= 15 is 0 Å². The van der Waals surface area contributed by atoms with E-state index in [1.165, 1.54) is 18.9 Å². The Balaban J connectivity index is 1.60. The normalized spacial score (nSPS) is 11.5. The lowest BCUT2D eigenvalue weighted by Gasteiger charge is -2.16. The van der Waals surface area contributed by atoms with Crippen molar-refractivity contribution in [1.29, 1.82) is 0 Å². The molecule has 1 unspecified atom stereocenters. The van der Waals surface area contributed by atoms with E-state index in [1.54, 1.807) is 30.3 Å². The van der Waals surface area contributed by atoms with Gasteiger partial charge in [-0.1, -0.05) is 30.0 Å². The molecule has 3 aromatic rings. The number of rotatable bonds is 9. The second-order valence-electron chi connectivity index (χ2n) is 7.50. The molecule has 2 amide bonds. The van der Waals surface area contributed by atoms with Gasteiger partial charge in [0.2, 0.25) is 5.91 Å². The van der Waals surface area contributed by atoms with Gasteiger partial charge in [-0.2, -0.15) is 0 Å². The molecule has 0 radical (unpaired) electrons. The van der Waals surface area contributed by atoms with Gasteiger partial charge in [0.15, 0.2) is 11.0 Å². The smallest absolute Gasteiger partial charge is 0.337 e. The summed E-state index contributed by atoms with van der Waals surface area (Å²) in [6.07, 6.45) is 0. The Morgan fingerprint density at radius 3 is 2.44 bits per heavy atom. The minimum Gasteiger partial charge on any atom is -0.465 e. The summed E-state index contributed by atoms with van der Waals surface area (Å²) >= 11 is 1.26. The fourth-order valence-corrected chi connectivity index (χ4v) is 4.14. The Morgan fingerprint density at radius 2 is 1.79 bits per heavy atom. The van der Waals surface area contributed by atoms with Crippen molar-refractivity contribution in [3.05, 3.63) is 71.0 Å². The third-order valence-electron chi connectivity index (χ3n) is 5.11. The first-order valence-corrected chi connectivity index (χ1v) is 11.7. The highest BCUT2D eigenvalue weighted by atomic mass is 32.2. The molecule has 0 aliphatic carbocycles. The number of thioether (sulfide) groups is 1. The summed E-state index contributed by atoms with van der Waals surface area (Å²) in [7, 11) is 1.31. The molecule has 0 bridgehead atoms. The molecular weight excluding hydrogens is 454 g/mol. The maximum absolute atomic E-state index is 12.7. The molecule has 2 aromatic carbocycles. The maximum atomic E-state index is 12.7. The van der Waals surface area contributed by atoms with Crippen LogP contribution >= 0.6 is 11.8 Å². The van der Waals surface area contributed by atoms with Crippen LogP contribution in [0.5, 0.6) is 0 Å². The number of ether oxygens (including phenoxy) is 1. The lowest BCUT2D eigenvalue weighted by atomic mass is 10.1. The van der Waals surface area contributed by atoms with Crippen molar-refractivity contribution in [3.8, 4) is 0 Å². The Morgan fingerprint density at radius 1 is 1.09 bits per heavy atom. The van der Waals surface area contributed by atoms with Crippen LogP contribution in [0.1, 0.15) is 52.0 Å². The quantitative estimate of drug-likeness (QED) is 0.354. The molecule has 2 N–H and O–H groups in total. The van der Waals surface area contributed by atoms with Gasteiger partial charge >= 0.3 is 5.97 Å². The molecule has 10 heteroatoms. The number of carbonyl (C=O) groups excluding carboxylic acids is 3. The highest BCUT2D eigenvalue weighted by molar-refractivity contribution is 7.99. The zero-order valence-electron chi connectivity index (χ0n) is 19.5. The predicted molar refractivity (Wildman–Crippen MR) is 130 cm³/mol. The van der Waals surface area contributed by atoms with Gasteiger partial charge in [-0.15, -0.1) is 10.2 Å². The van der Waals surface area contributed by atoms with E-state index in [1.807, 2.05) is 43.5 Å². The Labute approximate surface area is 202 Å². The number of carbonyl (C=O) groups is 3. The summed E-state index contributed by atoms with van der Waals surface area (Å²) in [6.45, 7) is 6.29. The summed E-state index contributed by atoms with van der Waals surface area (Å²) in [5.41, 5.74) is 2.49. The molecule has 0 saturated carbocycles. The van der Waals surface area contributed by atoms with Gasteiger partial charge in [-0.05, 0) is 56.7 Å². The molecular formula is C24H27N5O4S. The van der Waals surface area contributed by atoms with Crippen molar-refractivity contribution in [2.75, 3.05) is 18.2 Å². The first-order chi connectivity index (χ1) is 16.3. The minimum atomic E-state index is -0.438. The van der Waals surface area contributed by atoms with Crippen molar-refractivity contribution in [2.45, 2.75) is 38.5 Å². The molecule has 3 rings (SSSR count). The zero-order chi connectivity index (χ0) is 24.7. The lowest BCUT2D eigenvalue weighted by molar-refractivity contribution is -0.113. The third kappa shape index (κ3) is 6.02. The molecule has 0 saturated heterocycles. The lowest BCUT2D eigenvalue weighted by Crippen LogP contribution is -2.29. The number of benzene rings is 2. The fraction of sp³-hybridized carbons (Fsp3) is 0.292. The van der Waals surface area contributed by atoms with Crippen LogP contribution in [0.15, 0.2) is 53.7 Å². The highest BCUT2D eigenvalue weighted by Crippen LogP contribution is 2.21. The van der Waals surface area contributed by atoms with E-state index in [4.69, 9.17) is 0 Å². The van der Waals surface area contributed by atoms with E-state index in [2.05, 4.69) is 25.6 Å². The first kappa shape index (κ1) is 25.0. The van der Waals surface area contributed by atoms with Crippen LogP contribution in [0.2, 0.25) is 0 Å². The van der Waals surface area contributed by atoms with E-state index in [0.717, 1.165) is 5.56 Å². The van der Waals surface area contributed by atoms with Gasteiger partial charge in [0.25, 0.3) is 5.91 Å². The van der Waals surface area contributed by atoms with Gasteiger partial charge in [0, 0.05) is 17.8 Å². The minimum absolute atomic E-state index is 0.126. The summed E-state index contributed by atoms with van der Waals surface area (Å²) in [4.78, 5) is 36.6. The van der Waals surface area contributed by atoms with E-state index in [0.29, 0.717) is 34.3 Å².